The quantitative estimate of drug-likeness (QED) is 0.577. The molecule has 0 amide bonds. The van der Waals surface area contributed by atoms with Crippen molar-refractivity contribution in [3.05, 3.63) is 69.5 Å². The minimum absolute atomic E-state index is 0.0806. The molecule has 0 bridgehead atoms. The third-order valence-electron chi connectivity index (χ3n) is 5.58. The van der Waals surface area contributed by atoms with Gasteiger partial charge in [0.25, 0.3) is 12.0 Å². The molecule has 3 aromatic rings. The molecule has 0 saturated carbocycles. The Morgan fingerprint density at radius 2 is 2.00 bits per heavy atom. The van der Waals surface area contributed by atoms with Crippen LogP contribution in [-0.4, -0.2) is 30.6 Å². The van der Waals surface area contributed by atoms with Gasteiger partial charge in [-0.25, -0.2) is 23.1 Å². The molecule has 0 saturated heterocycles. The number of allylic oxidation sites excluding steroid dienone is 1. The van der Waals surface area contributed by atoms with Crippen LogP contribution >= 0.6 is 0 Å². The van der Waals surface area contributed by atoms with Crippen molar-refractivity contribution in [1.29, 1.82) is 0 Å². The predicted molar refractivity (Wildman–Crippen MR) is 119 cm³/mol. The van der Waals surface area contributed by atoms with E-state index in [1.165, 1.54) is 23.0 Å². The van der Waals surface area contributed by atoms with E-state index in [4.69, 9.17) is 0 Å². The molecule has 0 spiro atoms. The van der Waals surface area contributed by atoms with Crippen LogP contribution in [0.25, 0.3) is 16.6 Å². The molecule has 1 aromatic carbocycles. The largest absolute Gasteiger partial charge is 0.616 e. The van der Waals surface area contributed by atoms with Gasteiger partial charge in [-0.3, -0.25) is 9.36 Å². The van der Waals surface area contributed by atoms with Gasteiger partial charge in [-0.2, -0.15) is 0 Å². The van der Waals surface area contributed by atoms with Crippen LogP contribution in [-0.2, 0) is 18.2 Å². The van der Waals surface area contributed by atoms with Gasteiger partial charge in [0.1, 0.15) is 35.1 Å². The first-order valence-electron chi connectivity index (χ1n) is 10.00. The van der Waals surface area contributed by atoms with E-state index < -0.39 is 35.0 Å². The Kier molecular flexibility index (Phi) is 6.25. The first-order chi connectivity index (χ1) is 15.3. The topological polar surface area (TPSA) is 82.9 Å². The summed E-state index contributed by atoms with van der Waals surface area (Å²) in [5, 5.41) is 3.61. The fourth-order valence-electron chi connectivity index (χ4n) is 3.82. The fraction of sp³-hybridized carbons (Fsp3) is 0.318. The average molecular weight is 462 g/mol. The van der Waals surface area contributed by atoms with E-state index in [0.29, 0.717) is 40.3 Å². The third-order valence-corrected chi connectivity index (χ3v) is 6.78. The summed E-state index contributed by atoms with van der Waals surface area (Å²) in [6.45, 7) is 1.64. The van der Waals surface area contributed by atoms with Crippen LogP contribution in [0.15, 0.2) is 41.5 Å². The van der Waals surface area contributed by atoms with Crippen molar-refractivity contribution in [1.82, 2.24) is 14.5 Å². The summed E-state index contributed by atoms with van der Waals surface area (Å²) in [5.41, 5.74) is 0.848. The highest BCUT2D eigenvalue weighted by atomic mass is 32.2. The summed E-state index contributed by atoms with van der Waals surface area (Å²) >= 11 is -0.926. The highest BCUT2D eigenvalue weighted by Gasteiger charge is 2.22. The van der Waals surface area contributed by atoms with Crippen LogP contribution in [0.1, 0.15) is 42.5 Å². The van der Waals surface area contributed by atoms with Gasteiger partial charge in [-0.1, -0.05) is 18.2 Å². The molecule has 1 aliphatic rings. The van der Waals surface area contributed by atoms with Crippen molar-refractivity contribution < 1.29 is 17.7 Å². The summed E-state index contributed by atoms with van der Waals surface area (Å²) in [7, 11) is 1.60. The third kappa shape index (κ3) is 4.12. The smallest absolute Gasteiger partial charge is 0.266 e. The maximum atomic E-state index is 14.6. The number of fused-ring (bicyclic) bond motifs is 1. The second-order valence-corrected chi connectivity index (χ2v) is 9.21. The average Bonchev–Trinajstić information content (AvgIpc) is 2.77. The molecule has 1 aliphatic heterocycles. The van der Waals surface area contributed by atoms with Gasteiger partial charge in [0.15, 0.2) is 0 Å². The van der Waals surface area contributed by atoms with Crippen molar-refractivity contribution in [2.24, 2.45) is 7.05 Å². The van der Waals surface area contributed by atoms with Crippen molar-refractivity contribution in [2.75, 3.05) is 16.8 Å². The van der Waals surface area contributed by atoms with Gasteiger partial charge in [0, 0.05) is 24.6 Å². The van der Waals surface area contributed by atoms with Gasteiger partial charge in [0.05, 0.1) is 17.0 Å². The summed E-state index contributed by atoms with van der Waals surface area (Å²) in [4.78, 5) is 21.4. The van der Waals surface area contributed by atoms with Crippen LogP contribution in [0, 0.1) is 5.82 Å². The maximum Gasteiger partial charge on any atom is 0.266 e. The zero-order chi connectivity index (χ0) is 23.0. The molecular formula is C22H21F3N4O2S. The van der Waals surface area contributed by atoms with Crippen LogP contribution in [0.5, 0.6) is 0 Å². The Morgan fingerprint density at radius 3 is 2.69 bits per heavy atom. The Balaban J connectivity index is 1.77. The number of anilines is 1. The molecule has 0 aliphatic carbocycles. The lowest BCUT2D eigenvalue weighted by Gasteiger charge is -2.20. The van der Waals surface area contributed by atoms with Gasteiger partial charge in [-0.15, -0.1) is 0 Å². The number of alkyl halides is 2. The highest BCUT2D eigenvalue weighted by molar-refractivity contribution is 7.91. The number of nitrogens with zero attached hydrogens (tertiary/aromatic N) is 3. The minimum Gasteiger partial charge on any atom is -0.616 e. The normalized spacial score (nSPS) is 17.5. The molecule has 2 aromatic heterocycles. The number of aromatic nitrogens is 3. The summed E-state index contributed by atoms with van der Waals surface area (Å²) in [6.07, 6.45) is 0.696. The second-order valence-electron chi connectivity index (χ2n) is 7.59. The fourth-order valence-corrected chi connectivity index (χ4v) is 4.82. The van der Waals surface area contributed by atoms with Crippen LogP contribution in [0.3, 0.4) is 0 Å². The Morgan fingerprint density at radius 1 is 1.25 bits per heavy atom. The molecule has 0 fully saturated rings. The minimum atomic E-state index is -2.92. The van der Waals surface area contributed by atoms with E-state index in [1.807, 2.05) is 6.08 Å². The molecule has 168 valence electrons. The van der Waals surface area contributed by atoms with Crippen molar-refractivity contribution >= 4 is 33.6 Å². The first kappa shape index (κ1) is 22.3. The van der Waals surface area contributed by atoms with Crippen LogP contribution < -0.4 is 10.9 Å². The Labute approximate surface area is 185 Å². The lowest BCUT2D eigenvalue weighted by molar-refractivity contribution is 0.146. The van der Waals surface area contributed by atoms with Crippen molar-refractivity contribution in [3.63, 3.8) is 0 Å². The van der Waals surface area contributed by atoms with E-state index in [0.717, 1.165) is 11.6 Å². The highest BCUT2D eigenvalue weighted by Crippen LogP contribution is 2.31. The lowest BCUT2D eigenvalue weighted by atomic mass is 10.0. The molecule has 1 N–H and O–H groups in total. The van der Waals surface area contributed by atoms with Gasteiger partial charge in [-0.05, 0) is 35.8 Å². The van der Waals surface area contributed by atoms with Crippen LogP contribution in [0.2, 0.25) is 0 Å². The number of benzene rings is 1. The predicted octanol–water partition coefficient (Wildman–Crippen LogP) is 4.11. The SMILES string of the molecule is CC(Nc1ncnc2c1cc(C1=CC[S+]([O-])CC1)c(=O)n2C)c1cccc(C(F)F)c1F. The Bertz CT molecular complexity index is 1260. The molecule has 6 nitrogen and oxygen atoms in total. The standard InChI is InChI=1S/C22H21F3N4O2S/c1-12(14-4-3-5-15(18(14)23)19(24)25)28-20-17-10-16(13-6-8-32(31)9-7-13)22(30)29(2)21(17)27-11-26-20/h3-6,10-12,19H,7-9H2,1-2H3,(H,26,27,28). The van der Waals surface area contributed by atoms with Gasteiger partial charge >= 0.3 is 0 Å². The number of pyridine rings is 1. The molecule has 10 heteroatoms. The molecule has 32 heavy (non-hydrogen) atoms. The van der Waals surface area contributed by atoms with E-state index in [9.17, 15) is 22.5 Å². The summed E-state index contributed by atoms with van der Waals surface area (Å²) < 4.78 is 53.9. The first-order valence-corrected chi connectivity index (χ1v) is 11.5. The monoisotopic (exact) mass is 462 g/mol. The molecule has 4 rings (SSSR count). The number of hydrogen-bond donors (Lipinski definition) is 1. The van der Waals surface area contributed by atoms with Gasteiger partial charge in [0.2, 0.25) is 0 Å². The maximum absolute atomic E-state index is 14.6. The van der Waals surface area contributed by atoms with E-state index in [2.05, 4.69) is 15.3 Å². The molecular weight excluding hydrogens is 441 g/mol. The molecule has 2 atom stereocenters. The Hall–Kier alpha value is -2.85. The van der Waals surface area contributed by atoms with Crippen molar-refractivity contribution in [2.45, 2.75) is 25.8 Å². The molecule has 3 heterocycles. The van der Waals surface area contributed by atoms with Gasteiger partial charge < -0.3 is 9.87 Å². The number of rotatable bonds is 5. The van der Waals surface area contributed by atoms with Crippen molar-refractivity contribution in [3.8, 4) is 0 Å². The summed E-state index contributed by atoms with van der Waals surface area (Å²) in [5.74, 6) is 0.264. The number of halogens is 3. The summed E-state index contributed by atoms with van der Waals surface area (Å²) in [6, 6.07) is 4.89. The zero-order valence-electron chi connectivity index (χ0n) is 17.4. The van der Waals surface area contributed by atoms with E-state index >= 15 is 0 Å². The molecule has 0 radical (unpaired) electrons. The van der Waals surface area contributed by atoms with Crippen LogP contribution in [0.4, 0.5) is 19.0 Å². The van der Waals surface area contributed by atoms with E-state index in [-0.39, 0.29) is 11.1 Å². The molecule has 2 unspecified atom stereocenters. The van der Waals surface area contributed by atoms with E-state index in [1.54, 1.807) is 20.0 Å². The number of hydrogen-bond acceptors (Lipinski definition) is 5. The number of aryl methyl sites for hydroxylation is 1. The number of nitrogens with one attached hydrogen (secondary N) is 1. The zero-order valence-corrected chi connectivity index (χ0v) is 18.3. The lowest BCUT2D eigenvalue weighted by Crippen LogP contribution is -2.24. The second kappa shape index (κ2) is 8.95.